The molecule has 88 valence electrons. The summed E-state index contributed by atoms with van der Waals surface area (Å²) in [6, 6.07) is 5.83. The highest BCUT2D eigenvalue weighted by Crippen LogP contribution is 2.35. The molecule has 2 nitrogen and oxygen atoms in total. The molecule has 3 heteroatoms. The Morgan fingerprint density at radius 1 is 1.38 bits per heavy atom. The first-order valence-electron chi connectivity index (χ1n) is 6.19. The first-order valence-corrected chi connectivity index (χ1v) is 7.07. The molecule has 2 saturated heterocycles. The van der Waals surface area contributed by atoms with Gasteiger partial charge in [0.05, 0.1) is 12.7 Å². The fourth-order valence-electron chi connectivity index (χ4n) is 3.09. The zero-order valence-corrected chi connectivity index (χ0v) is 10.6. The number of nitrogens with zero attached hydrogens (tertiary/aromatic N) is 1. The first kappa shape index (κ1) is 10.8. The summed E-state index contributed by atoms with van der Waals surface area (Å²) in [4.78, 5) is 3.91. The van der Waals surface area contributed by atoms with E-state index in [-0.39, 0.29) is 0 Å². The Hall–Kier alpha value is -0.380. The second-order valence-corrected chi connectivity index (χ2v) is 6.07. The van der Waals surface area contributed by atoms with Gasteiger partial charge in [-0.15, -0.1) is 11.3 Å². The molecule has 0 spiro atoms. The van der Waals surface area contributed by atoms with Gasteiger partial charge >= 0.3 is 0 Å². The average molecular weight is 237 g/mol. The molecule has 1 aromatic heterocycles. The van der Waals surface area contributed by atoms with E-state index in [9.17, 15) is 0 Å². The van der Waals surface area contributed by atoms with Gasteiger partial charge in [0.2, 0.25) is 0 Å². The van der Waals surface area contributed by atoms with Crippen LogP contribution in [0.5, 0.6) is 0 Å². The Balaban J connectivity index is 1.54. The summed E-state index contributed by atoms with van der Waals surface area (Å²) in [6.45, 7) is 0.811. The molecule has 3 rings (SSSR count). The molecule has 2 bridgehead atoms. The molecule has 1 aromatic rings. The third-order valence-electron chi connectivity index (χ3n) is 4.10. The summed E-state index contributed by atoms with van der Waals surface area (Å²) in [5, 5.41) is 2.12. The maximum absolute atomic E-state index is 6.04. The molecule has 0 aliphatic carbocycles. The number of piperidine rings is 1. The molecule has 2 aliphatic heterocycles. The lowest BCUT2D eigenvalue weighted by Gasteiger charge is -2.36. The Bertz CT molecular complexity index is 324. The lowest BCUT2D eigenvalue weighted by atomic mass is 10.0. The van der Waals surface area contributed by atoms with E-state index in [4.69, 9.17) is 4.74 Å². The largest absolute Gasteiger partial charge is 0.373 e. The maximum Gasteiger partial charge on any atom is 0.0813 e. The highest BCUT2D eigenvalue weighted by molar-refractivity contribution is 7.09. The van der Waals surface area contributed by atoms with E-state index >= 15 is 0 Å². The number of rotatable bonds is 3. The van der Waals surface area contributed by atoms with E-state index in [2.05, 4.69) is 29.5 Å². The third-order valence-corrected chi connectivity index (χ3v) is 4.95. The van der Waals surface area contributed by atoms with Crippen LogP contribution in [-0.4, -0.2) is 30.1 Å². The van der Waals surface area contributed by atoms with Crippen LogP contribution in [0.3, 0.4) is 0 Å². The Morgan fingerprint density at radius 2 is 2.12 bits per heavy atom. The topological polar surface area (TPSA) is 12.5 Å². The Morgan fingerprint density at radius 3 is 2.75 bits per heavy atom. The van der Waals surface area contributed by atoms with Crippen LogP contribution in [0.15, 0.2) is 17.5 Å². The zero-order valence-electron chi connectivity index (χ0n) is 9.76. The monoisotopic (exact) mass is 237 g/mol. The van der Waals surface area contributed by atoms with Gasteiger partial charge in [0.15, 0.2) is 0 Å². The van der Waals surface area contributed by atoms with Crippen LogP contribution in [0.25, 0.3) is 0 Å². The normalized spacial score (nSPS) is 34.4. The predicted octanol–water partition coefficient (Wildman–Crippen LogP) is 2.89. The second-order valence-electron chi connectivity index (χ2n) is 5.03. The fourth-order valence-corrected chi connectivity index (χ4v) is 3.72. The highest BCUT2D eigenvalue weighted by Gasteiger charge is 2.38. The predicted molar refractivity (Wildman–Crippen MR) is 66.7 cm³/mol. The van der Waals surface area contributed by atoms with Crippen LogP contribution in [0, 0.1) is 0 Å². The van der Waals surface area contributed by atoms with Gasteiger partial charge in [-0.3, -0.25) is 0 Å². The Labute approximate surface area is 101 Å². The molecule has 2 fully saturated rings. The van der Waals surface area contributed by atoms with Crippen molar-refractivity contribution in [1.29, 1.82) is 0 Å². The molecule has 0 radical (unpaired) electrons. The fraction of sp³-hybridized carbons (Fsp3) is 0.692. The quantitative estimate of drug-likeness (QED) is 0.801. The summed E-state index contributed by atoms with van der Waals surface area (Å²) < 4.78 is 6.04. The molecule has 3 heterocycles. The van der Waals surface area contributed by atoms with E-state index in [1.165, 1.54) is 30.6 Å². The van der Waals surface area contributed by atoms with Gasteiger partial charge in [0, 0.05) is 17.0 Å². The number of ether oxygens (including phenoxy) is 1. The summed E-state index contributed by atoms with van der Waals surface area (Å²) in [6.07, 6.45) is 5.72. The molecule has 0 aromatic carbocycles. The summed E-state index contributed by atoms with van der Waals surface area (Å²) in [7, 11) is 2.28. The average Bonchev–Trinajstić information content (AvgIpc) is 2.84. The number of thiophene rings is 1. The van der Waals surface area contributed by atoms with Crippen molar-refractivity contribution in [2.45, 2.75) is 50.5 Å². The van der Waals surface area contributed by atoms with Crippen molar-refractivity contribution >= 4 is 11.3 Å². The molecule has 16 heavy (non-hydrogen) atoms. The lowest BCUT2D eigenvalue weighted by molar-refractivity contribution is -0.0201. The van der Waals surface area contributed by atoms with E-state index in [0.29, 0.717) is 6.10 Å². The van der Waals surface area contributed by atoms with Crippen molar-refractivity contribution in [3.63, 3.8) is 0 Å². The summed E-state index contributed by atoms with van der Waals surface area (Å²) in [5.74, 6) is 0. The number of fused-ring (bicyclic) bond motifs is 2. The van der Waals surface area contributed by atoms with Gasteiger partial charge in [-0.05, 0) is 44.2 Å². The molecule has 0 N–H and O–H groups in total. The zero-order chi connectivity index (χ0) is 11.0. The van der Waals surface area contributed by atoms with Gasteiger partial charge < -0.3 is 9.64 Å². The lowest BCUT2D eigenvalue weighted by Crippen LogP contribution is -2.42. The van der Waals surface area contributed by atoms with Crippen molar-refractivity contribution < 1.29 is 4.74 Å². The van der Waals surface area contributed by atoms with Gasteiger partial charge in [0.1, 0.15) is 0 Å². The Kier molecular flexibility index (Phi) is 3.01. The summed E-state index contributed by atoms with van der Waals surface area (Å²) in [5.41, 5.74) is 0. The van der Waals surface area contributed by atoms with E-state index in [0.717, 1.165) is 18.7 Å². The minimum atomic E-state index is 0.496. The third kappa shape index (κ3) is 2.04. The van der Waals surface area contributed by atoms with Crippen LogP contribution in [0.1, 0.15) is 30.6 Å². The van der Waals surface area contributed by atoms with Crippen molar-refractivity contribution in [2.24, 2.45) is 0 Å². The van der Waals surface area contributed by atoms with Crippen LogP contribution in [-0.2, 0) is 11.3 Å². The van der Waals surface area contributed by atoms with E-state index < -0.39 is 0 Å². The van der Waals surface area contributed by atoms with Crippen LogP contribution in [0.2, 0.25) is 0 Å². The molecule has 1 unspecified atom stereocenters. The summed E-state index contributed by atoms with van der Waals surface area (Å²) >= 11 is 1.79. The van der Waals surface area contributed by atoms with Gasteiger partial charge in [-0.1, -0.05) is 6.07 Å². The molecular formula is C13H19NOS. The standard InChI is InChI=1S/C13H19NOS/c1-14-10-4-5-11(14)8-12(7-10)15-9-13-3-2-6-16-13/h2-3,6,10-12H,4-5,7-9H2,1H3/t10-,11+,12?. The minimum absolute atomic E-state index is 0.496. The maximum atomic E-state index is 6.04. The van der Waals surface area contributed by atoms with Crippen molar-refractivity contribution in [2.75, 3.05) is 7.05 Å². The molecule has 2 aliphatic rings. The SMILES string of the molecule is CN1[C@@H]2CC[C@H]1CC(OCc1cccs1)C2. The molecular weight excluding hydrogens is 218 g/mol. The molecule has 0 amide bonds. The smallest absolute Gasteiger partial charge is 0.0813 e. The first-order chi connectivity index (χ1) is 7.83. The minimum Gasteiger partial charge on any atom is -0.373 e. The van der Waals surface area contributed by atoms with E-state index in [1.807, 2.05) is 0 Å². The van der Waals surface area contributed by atoms with Crippen molar-refractivity contribution in [1.82, 2.24) is 4.90 Å². The van der Waals surface area contributed by atoms with Crippen molar-refractivity contribution in [3.05, 3.63) is 22.4 Å². The van der Waals surface area contributed by atoms with Crippen LogP contribution >= 0.6 is 11.3 Å². The second kappa shape index (κ2) is 4.47. The number of hydrogen-bond donors (Lipinski definition) is 0. The van der Waals surface area contributed by atoms with Gasteiger partial charge in [-0.25, -0.2) is 0 Å². The van der Waals surface area contributed by atoms with Gasteiger partial charge in [-0.2, -0.15) is 0 Å². The van der Waals surface area contributed by atoms with Crippen LogP contribution in [0.4, 0.5) is 0 Å². The molecule has 3 atom stereocenters. The van der Waals surface area contributed by atoms with Gasteiger partial charge in [0.25, 0.3) is 0 Å². The van der Waals surface area contributed by atoms with Crippen molar-refractivity contribution in [3.8, 4) is 0 Å². The van der Waals surface area contributed by atoms with Crippen LogP contribution < -0.4 is 0 Å². The highest BCUT2D eigenvalue weighted by atomic mass is 32.1. The number of hydrogen-bond acceptors (Lipinski definition) is 3. The van der Waals surface area contributed by atoms with E-state index in [1.54, 1.807) is 11.3 Å². The molecule has 0 saturated carbocycles.